The summed E-state index contributed by atoms with van der Waals surface area (Å²) in [5.41, 5.74) is 0.145. The third-order valence-corrected chi connectivity index (χ3v) is 6.67. The summed E-state index contributed by atoms with van der Waals surface area (Å²) in [6.07, 6.45) is -3.68. The van der Waals surface area contributed by atoms with Gasteiger partial charge in [-0.05, 0) is 23.1 Å². The number of carbonyl (C=O) groups is 1. The largest absolute Gasteiger partial charge is 0.417 e. The molecule has 1 aliphatic heterocycles. The molecule has 3 heterocycles. The average Bonchev–Trinajstić information content (AvgIpc) is 3.33. The van der Waals surface area contributed by atoms with Gasteiger partial charge >= 0.3 is 6.18 Å². The molecule has 4 rings (SSSR count). The Balaban J connectivity index is 1.35. The lowest BCUT2D eigenvalue weighted by molar-refractivity contribution is -0.137. The molecule has 1 amide bonds. The van der Waals surface area contributed by atoms with E-state index < -0.39 is 11.7 Å². The normalized spacial score (nSPS) is 15.9. The van der Waals surface area contributed by atoms with Crippen molar-refractivity contribution >= 4 is 34.7 Å². The molecule has 1 aromatic carbocycles. The number of alkyl halides is 3. The Morgan fingerprint density at radius 2 is 1.85 bits per heavy atom. The summed E-state index contributed by atoms with van der Waals surface area (Å²) >= 11 is 7.66. The number of piperazine rings is 1. The number of thiophene rings is 1. The predicted octanol–water partition coefficient (Wildman–Crippen LogP) is 4.84. The van der Waals surface area contributed by atoms with Crippen LogP contribution in [0.1, 0.15) is 22.0 Å². The first-order valence-corrected chi connectivity index (χ1v) is 11.6. The highest BCUT2D eigenvalue weighted by molar-refractivity contribution is 7.10. The lowest BCUT2D eigenvalue weighted by Gasteiger charge is -2.35. The van der Waals surface area contributed by atoms with Gasteiger partial charge in [0.25, 0.3) is 0 Å². The van der Waals surface area contributed by atoms with Crippen molar-refractivity contribution in [3.05, 3.63) is 81.1 Å². The van der Waals surface area contributed by atoms with Crippen LogP contribution in [0, 0.1) is 0 Å². The van der Waals surface area contributed by atoms with Gasteiger partial charge in [0.15, 0.2) is 0 Å². The van der Waals surface area contributed by atoms with Gasteiger partial charge in [0.05, 0.1) is 23.2 Å². The molecule has 2 aromatic heterocycles. The summed E-state index contributed by atoms with van der Waals surface area (Å²) in [7, 11) is 0. The lowest BCUT2D eigenvalue weighted by atomic mass is 10.1. The fourth-order valence-corrected chi connectivity index (χ4v) is 4.85. The van der Waals surface area contributed by atoms with Gasteiger partial charge < -0.3 is 10.2 Å². The quantitative estimate of drug-likeness (QED) is 0.532. The third-order valence-electron chi connectivity index (χ3n) is 5.45. The Bertz CT molecular complexity index is 1070. The van der Waals surface area contributed by atoms with Crippen LogP contribution in [0.15, 0.2) is 60.1 Å². The van der Waals surface area contributed by atoms with Gasteiger partial charge in [-0.2, -0.15) is 13.2 Å². The average molecular weight is 495 g/mol. The number of amides is 1. The molecule has 5 nitrogen and oxygen atoms in total. The monoisotopic (exact) mass is 494 g/mol. The topological polar surface area (TPSA) is 48.5 Å². The van der Waals surface area contributed by atoms with E-state index in [0.717, 1.165) is 22.7 Å². The minimum Gasteiger partial charge on any atom is -0.353 e. The van der Waals surface area contributed by atoms with Crippen LogP contribution in [0.3, 0.4) is 0 Å². The molecule has 0 radical (unpaired) electrons. The van der Waals surface area contributed by atoms with Crippen LogP contribution >= 0.6 is 22.9 Å². The van der Waals surface area contributed by atoms with E-state index in [2.05, 4.69) is 10.3 Å². The molecule has 1 saturated heterocycles. The molecule has 0 spiro atoms. The van der Waals surface area contributed by atoms with Crippen molar-refractivity contribution in [1.29, 1.82) is 0 Å². The zero-order valence-electron chi connectivity index (χ0n) is 17.6. The van der Waals surface area contributed by atoms with Crippen molar-refractivity contribution in [2.45, 2.75) is 12.2 Å². The number of hydrogen-bond acceptors (Lipinski definition) is 5. The number of benzene rings is 1. The van der Waals surface area contributed by atoms with E-state index in [1.54, 1.807) is 11.3 Å². The van der Waals surface area contributed by atoms with E-state index in [1.165, 1.54) is 0 Å². The second kappa shape index (κ2) is 10.1. The lowest BCUT2D eigenvalue weighted by Crippen LogP contribution is -2.50. The van der Waals surface area contributed by atoms with Crippen LogP contribution in [0.2, 0.25) is 5.02 Å². The minimum atomic E-state index is -4.48. The van der Waals surface area contributed by atoms with Crippen molar-refractivity contribution < 1.29 is 18.0 Å². The van der Waals surface area contributed by atoms with Crippen LogP contribution in [0.5, 0.6) is 0 Å². The fourth-order valence-electron chi connectivity index (χ4n) is 3.77. The molecular weight excluding hydrogens is 473 g/mol. The molecule has 3 aromatic rings. The van der Waals surface area contributed by atoms with Crippen LogP contribution in [-0.2, 0) is 11.0 Å². The van der Waals surface area contributed by atoms with Gasteiger partial charge in [0.2, 0.25) is 5.91 Å². The Labute approximate surface area is 198 Å². The molecule has 1 atom stereocenters. The molecular formula is C23H22ClF3N4OS. The summed E-state index contributed by atoms with van der Waals surface area (Å²) in [5, 5.41) is 5.08. The van der Waals surface area contributed by atoms with Gasteiger partial charge in [-0.3, -0.25) is 9.69 Å². The predicted molar refractivity (Wildman–Crippen MR) is 124 cm³/mol. The number of carbonyl (C=O) groups excluding carboxylic acids is 1. The molecule has 1 N–H and O–H groups in total. The molecule has 1 aliphatic rings. The number of aromatic nitrogens is 1. The molecule has 1 fully saturated rings. The number of nitrogens with zero attached hydrogens (tertiary/aromatic N) is 3. The van der Waals surface area contributed by atoms with E-state index in [-0.39, 0.29) is 23.5 Å². The molecule has 0 bridgehead atoms. The zero-order valence-corrected chi connectivity index (χ0v) is 19.1. The van der Waals surface area contributed by atoms with Gasteiger partial charge in [0.1, 0.15) is 5.82 Å². The first-order chi connectivity index (χ1) is 15.8. The highest BCUT2D eigenvalue weighted by Crippen LogP contribution is 2.33. The molecule has 0 aliphatic carbocycles. The maximum absolute atomic E-state index is 12.8. The van der Waals surface area contributed by atoms with E-state index in [1.807, 2.05) is 57.6 Å². The van der Waals surface area contributed by atoms with E-state index >= 15 is 0 Å². The number of rotatable bonds is 6. The summed E-state index contributed by atoms with van der Waals surface area (Å²) < 4.78 is 38.5. The number of pyridine rings is 1. The smallest absolute Gasteiger partial charge is 0.353 e. The Morgan fingerprint density at radius 3 is 2.45 bits per heavy atom. The Morgan fingerprint density at radius 1 is 1.12 bits per heavy atom. The molecule has 10 heteroatoms. The standard InChI is InChI=1S/C23H22ClF3N4OS/c24-18-13-17(23(25,26)27)14-28-22(18)31-10-8-30(9-11-31)15-20(32)29-21(19-7-4-12-33-19)16-5-2-1-3-6-16/h1-7,12-14,21H,8-11,15H2,(H,29,32). The SMILES string of the molecule is O=C(CN1CCN(c2ncc(C(F)(F)F)cc2Cl)CC1)NC(c1ccccc1)c1cccs1. The van der Waals surface area contributed by atoms with Crippen molar-refractivity contribution in [2.24, 2.45) is 0 Å². The molecule has 1 unspecified atom stereocenters. The maximum atomic E-state index is 12.8. The van der Waals surface area contributed by atoms with E-state index in [4.69, 9.17) is 11.6 Å². The second-order valence-corrected chi connectivity index (χ2v) is 9.10. The molecule has 33 heavy (non-hydrogen) atoms. The van der Waals surface area contributed by atoms with Crippen molar-refractivity contribution in [1.82, 2.24) is 15.2 Å². The number of nitrogens with one attached hydrogen (secondary N) is 1. The number of anilines is 1. The van der Waals surface area contributed by atoms with Crippen LogP contribution in [0.25, 0.3) is 0 Å². The minimum absolute atomic E-state index is 0.0299. The fraction of sp³-hybridized carbons (Fsp3) is 0.304. The Hall–Kier alpha value is -2.62. The second-order valence-electron chi connectivity index (χ2n) is 7.72. The van der Waals surface area contributed by atoms with E-state index in [0.29, 0.717) is 32.0 Å². The van der Waals surface area contributed by atoms with Gasteiger partial charge in [-0.15, -0.1) is 11.3 Å². The maximum Gasteiger partial charge on any atom is 0.417 e. The van der Waals surface area contributed by atoms with Gasteiger partial charge in [0, 0.05) is 37.3 Å². The first-order valence-electron chi connectivity index (χ1n) is 10.4. The van der Waals surface area contributed by atoms with Crippen molar-refractivity contribution in [3.63, 3.8) is 0 Å². The highest BCUT2D eigenvalue weighted by Gasteiger charge is 2.32. The van der Waals surface area contributed by atoms with Crippen LogP contribution in [-0.4, -0.2) is 48.5 Å². The van der Waals surface area contributed by atoms with Crippen LogP contribution in [0.4, 0.5) is 19.0 Å². The summed E-state index contributed by atoms with van der Waals surface area (Å²) in [6, 6.07) is 14.5. The Kier molecular flexibility index (Phi) is 7.21. The summed E-state index contributed by atoms with van der Waals surface area (Å²) in [5.74, 6) is 0.243. The summed E-state index contributed by atoms with van der Waals surface area (Å²) in [6.45, 7) is 2.40. The highest BCUT2D eigenvalue weighted by atomic mass is 35.5. The zero-order chi connectivity index (χ0) is 23.4. The van der Waals surface area contributed by atoms with Crippen LogP contribution < -0.4 is 10.2 Å². The van der Waals surface area contributed by atoms with Crippen molar-refractivity contribution in [2.75, 3.05) is 37.6 Å². The van der Waals surface area contributed by atoms with E-state index in [9.17, 15) is 18.0 Å². The van der Waals surface area contributed by atoms with Gasteiger partial charge in [-0.25, -0.2) is 4.98 Å². The summed E-state index contributed by atoms with van der Waals surface area (Å²) in [4.78, 5) is 21.7. The van der Waals surface area contributed by atoms with Crippen molar-refractivity contribution in [3.8, 4) is 0 Å². The van der Waals surface area contributed by atoms with Gasteiger partial charge in [-0.1, -0.05) is 48.0 Å². The third kappa shape index (κ3) is 5.85. The number of hydrogen-bond donors (Lipinski definition) is 1. The molecule has 174 valence electrons. The first kappa shape index (κ1) is 23.5. The molecule has 0 saturated carbocycles. The number of halogens is 4.